The van der Waals surface area contributed by atoms with E-state index in [0.717, 1.165) is 22.8 Å². The van der Waals surface area contributed by atoms with Crippen LogP contribution < -0.4 is 0 Å². The largest absolute Gasteiger partial charge is 0.508 e. The van der Waals surface area contributed by atoms with E-state index in [4.69, 9.17) is 9.97 Å². The lowest BCUT2D eigenvalue weighted by atomic mass is 10.1. The molecule has 0 saturated carbocycles. The van der Waals surface area contributed by atoms with Gasteiger partial charge in [0.25, 0.3) is 0 Å². The topological polar surface area (TPSA) is 132 Å². The van der Waals surface area contributed by atoms with E-state index in [1.807, 2.05) is 12.1 Å². The summed E-state index contributed by atoms with van der Waals surface area (Å²) in [5.74, 6) is -0.220. The highest BCUT2D eigenvalue weighted by atomic mass is 19.1. The summed E-state index contributed by atoms with van der Waals surface area (Å²) >= 11 is 0. The second-order valence-electron chi connectivity index (χ2n) is 7.02. The van der Waals surface area contributed by atoms with Crippen molar-refractivity contribution in [2.75, 3.05) is 0 Å². The number of aromatic nitrogens is 8. The molecular formula is C21H13FN8O. The summed E-state index contributed by atoms with van der Waals surface area (Å²) in [7, 11) is 0. The molecule has 150 valence electrons. The molecule has 0 bridgehead atoms. The Morgan fingerprint density at radius 2 is 1.84 bits per heavy atom. The van der Waals surface area contributed by atoms with Gasteiger partial charge in [-0.2, -0.15) is 10.2 Å². The van der Waals surface area contributed by atoms with Gasteiger partial charge in [0.1, 0.15) is 17.1 Å². The van der Waals surface area contributed by atoms with E-state index < -0.39 is 5.82 Å². The molecule has 10 heteroatoms. The molecular weight excluding hydrogens is 399 g/mol. The minimum Gasteiger partial charge on any atom is -0.508 e. The molecule has 1 aromatic carbocycles. The molecule has 0 aliphatic carbocycles. The Balaban J connectivity index is 1.53. The quantitative estimate of drug-likeness (QED) is 0.350. The van der Waals surface area contributed by atoms with Crippen molar-refractivity contribution in [3.63, 3.8) is 0 Å². The number of rotatable bonds is 3. The van der Waals surface area contributed by atoms with Crippen molar-refractivity contribution in [1.82, 2.24) is 40.3 Å². The third-order valence-corrected chi connectivity index (χ3v) is 5.01. The number of phenols is 1. The molecule has 6 rings (SSSR count). The maximum absolute atomic E-state index is 13.8. The highest BCUT2D eigenvalue weighted by Crippen LogP contribution is 2.32. The Bertz CT molecular complexity index is 1550. The van der Waals surface area contributed by atoms with Crippen LogP contribution in [0.4, 0.5) is 4.39 Å². The molecule has 0 fully saturated rings. The summed E-state index contributed by atoms with van der Waals surface area (Å²) in [6.07, 6.45) is 6.68. The van der Waals surface area contributed by atoms with E-state index in [9.17, 15) is 9.50 Å². The number of hydrogen-bond donors (Lipinski definition) is 4. The first-order valence-corrected chi connectivity index (χ1v) is 9.34. The van der Waals surface area contributed by atoms with Crippen molar-refractivity contribution in [3.8, 4) is 39.7 Å². The molecule has 31 heavy (non-hydrogen) atoms. The molecule has 0 radical (unpaired) electrons. The van der Waals surface area contributed by atoms with Crippen LogP contribution in [0.25, 0.3) is 56.0 Å². The molecule has 9 nitrogen and oxygen atoms in total. The Morgan fingerprint density at radius 3 is 2.68 bits per heavy atom. The highest BCUT2D eigenvalue weighted by molar-refractivity contribution is 5.95. The van der Waals surface area contributed by atoms with Gasteiger partial charge >= 0.3 is 0 Å². The van der Waals surface area contributed by atoms with Gasteiger partial charge in [-0.3, -0.25) is 15.2 Å². The molecule has 5 heterocycles. The summed E-state index contributed by atoms with van der Waals surface area (Å²) in [4.78, 5) is 16.8. The number of phenolic OH excluding ortho intramolecular Hbond substituents is 1. The van der Waals surface area contributed by atoms with Crippen LogP contribution in [-0.2, 0) is 0 Å². The number of fused-ring (bicyclic) bond motifs is 2. The predicted octanol–water partition coefficient (Wildman–Crippen LogP) is 3.80. The second kappa shape index (κ2) is 6.46. The number of aromatic amines is 3. The first kappa shape index (κ1) is 17.3. The lowest BCUT2D eigenvalue weighted by Gasteiger charge is -2.03. The van der Waals surface area contributed by atoms with Crippen LogP contribution in [0.2, 0.25) is 0 Å². The third-order valence-electron chi connectivity index (χ3n) is 5.01. The number of aromatic hydroxyl groups is 1. The monoisotopic (exact) mass is 412 g/mol. The van der Waals surface area contributed by atoms with E-state index >= 15 is 0 Å². The van der Waals surface area contributed by atoms with Gasteiger partial charge in [0.15, 0.2) is 11.5 Å². The number of pyridine rings is 2. The maximum Gasteiger partial charge on any atom is 0.161 e. The first-order chi connectivity index (χ1) is 15.2. The van der Waals surface area contributed by atoms with E-state index in [-0.39, 0.29) is 5.75 Å². The van der Waals surface area contributed by atoms with Gasteiger partial charge < -0.3 is 10.1 Å². The standard InChI is InChI=1S/C21H13FN8O/c22-12-3-10(4-13(31)5-12)14-8-23-9-17-18(14)28-21(27-17)20-19-16(29-30-20)2-1-15(26-19)11-6-24-25-7-11/h1-9,31H,(H,24,25)(H,27,28)(H,29,30). The molecule has 0 aliphatic heterocycles. The maximum atomic E-state index is 13.8. The fraction of sp³-hybridized carbons (Fsp3) is 0. The van der Waals surface area contributed by atoms with Gasteiger partial charge in [-0.15, -0.1) is 0 Å². The van der Waals surface area contributed by atoms with Crippen LogP contribution in [-0.4, -0.2) is 45.4 Å². The fourth-order valence-electron chi connectivity index (χ4n) is 3.60. The van der Waals surface area contributed by atoms with E-state index in [1.54, 1.807) is 24.8 Å². The van der Waals surface area contributed by atoms with Crippen LogP contribution in [0, 0.1) is 5.82 Å². The summed E-state index contributed by atoms with van der Waals surface area (Å²) in [6.45, 7) is 0. The zero-order chi connectivity index (χ0) is 20.9. The third kappa shape index (κ3) is 2.81. The number of hydrogen-bond acceptors (Lipinski definition) is 6. The lowest BCUT2D eigenvalue weighted by molar-refractivity contribution is 0.469. The summed E-state index contributed by atoms with van der Waals surface area (Å²) in [5, 5.41) is 23.9. The molecule has 6 aromatic rings. The van der Waals surface area contributed by atoms with Crippen molar-refractivity contribution in [3.05, 3.63) is 60.9 Å². The molecule has 0 spiro atoms. The lowest BCUT2D eigenvalue weighted by Crippen LogP contribution is -1.86. The van der Waals surface area contributed by atoms with Gasteiger partial charge in [0.05, 0.1) is 34.6 Å². The second-order valence-corrected chi connectivity index (χ2v) is 7.02. The zero-order valence-electron chi connectivity index (χ0n) is 15.8. The molecule has 0 unspecified atom stereocenters. The van der Waals surface area contributed by atoms with Crippen LogP contribution in [0.3, 0.4) is 0 Å². The highest BCUT2D eigenvalue weighted by Gasteiger charge is 2.17. The van der Waals surface area contributed by atoms with Crippen molar-refractivity contribution >= 4 is 22.1 Å². The molecule has 0 saturated heterocycles. The van der Waals surface area contributed by atoms with Crippen LogP contribution in [0.1, 0.15) is 0 Å². The summed E-state index contributed by atoms with van der Waals surface area (Å²) in [6, 6.07) is 7.62. The number of benzene rings is 1. The van der Waals surface area contributed by atoms with Gasteiger partial charge in [0.2, 0.25) is 0 Å². The molecule has 4 N–H and O–H groups in total. The van der Waals surface area contributed by atoms with Crippen molar-refractivity contribution in [2.24, 2.45) is 0 Å². The number of nitrogens with one attached hydrogen (secondary N) is 3. The average Bonchev–Trinajstić information content (AvgIpc) is 3.50. The van der Waals surface area contributed by atoms with Gasteiger partial charge in [-0.1, -0.05) is 0 Å². The molecule has 0 amide bonds. The normalized spacial score (nSPS) is 11.5. The fourth-order valence-corrected chi connectivity index (χ4v) is 3.60. The van der Waals surface area contributed by atoms with E-state index in [2.05, 4.69) is 30.4 Å². The minimum absolute atomic E-state index is 0.169. The number of nitrogens with zero attached hydrogens (tertiary/aromatic N) is 5. The number of H-pyrrole nitrogens is 3. The van der Waals surface area contributed by atoms with Crippen molar-refractivity contribution in [2.45, 2.75) is 0 Å². The Kier molecular flexibility index (Phi) is 3.60. The molecule has 5 aromatic heterocycles. The SMILES string of the molecule is Oc1cc(F)cc(-c2cncc3[nH]c(-c4n[nH]c5ccc(-c6cn[nH]c6)nc45)nc23)c1. The van der Waals surface area contributed by atoms with Crippen molar-refractivity contribution in [1.29, 1.82) is 0 Å². The number of halogens is 1. The Morgan fingerprint density at radius 1 is 0.903 bits per heavy atom. The summed E-state index contributed by atoms with van der Waals surface area (Å²) < 4.78 is 13.8. The van der Waals surface area contributed by atoms with E-state index in [1.165, 1.54) is 12.1 Å². The van der Waals surface area contributed by atoms with Crippen molar-refractivity contribution < 1.29 is 9.50 Å². The first-order valence-electron chi connectivity index (χ1n) is 9.34. The van der Waals surface area contributed by atoms with Gasteiger partial charge in [-0.25, -0.2) is 14.4 Å². The minimum atomic E-state index is -0.544. The number of imidazole rings is 1. The zero-order valence-corrected chi connectivity index (χ0v) is 15.8. The van der Waals surface area contributed by atoms with Crippen LogP contribution >= 0.6 is 0 Å². The smallest absolute Gasteiger partial charge is 0.161 e. The molecule has 0 aliphatic rings. The Hall–Kier alpha value is -4.60. The predicted molar refractivity (Wildman–Crippen MR) is 111 cm³/mol. The van der Waals surface area contributed by atoms with Crippen LogP contribution in [0.15, 0.2) is 55.1 Å². The molecule has 0 atom stereocenters. The van der Waals surface area contributed by atoms with Gasteiger partial charge in [0, 0.05) is 29.6 Å². The Labute approximate surface area is 173 Å². The van der Waals surface area contributed by atoms with Gasteiger partial charge in [-0.05, 0) is 29.8 Å². The van der Waals surface area contributed by atoms with Crippen LogP contribution in [0.5, 0.6) is 5.75 Å². The summed E-state index contributed by atoms with van der Waals surface area (Å²) in [5.41, 5.74) is 5.85. The van der Waals surface area contributed by atoms with E-state index in [0.29, 0.717) is 39.2 Å². The average molecular weight is 412 g/mol.